The van der Waals surface area contributed by atoms with Crippen LogP contribution < -0.4 is 4.74 Å². The van der Waals surface area contributed by atoms with Crippen molar-refractivity contribution in [2.24, 2.45) is 0 Å². The molecule has 1 atom stereocenters. The number of ether oxygens (including phenoxy) is 2. The van der Waals surface area contributed by atoms with Gasteiger partial charge in [0, 0.05) is 5.39 Å². The maximum absolute atomic E-state index is 11.8. The maximum Gasteiger partial charge on any atom is 0.472 e. The Morgan fingerprint density at radius 3 is 2.34 bits per heavy atom. The van der Waals surface area contributed by atoms with Crippen LogP contribution in [0, 0.1) is 0 Å². The molecule has 0 fully saturated rings. The van der Waals surface area contributed by atoms with Gasteiger partial charge in [0.05, 0.1) is 26.4 Å². The summed E-state index contributed by atoms with van der Waals surface area (Å²) in [6.07, 6.45) is 6.52. The molecule has 7 heteroatoms. The van der Waals surface area contributed by atoms with Crippen LogP contribution in [0.25, 0.3) is 10.8 Å². The summed E-state index contributed by atoms with van der Waals surface area (Å²) in [6, 6.07) is 13.9. The summed E-state index contributed by atoms with van der Waals surface area (Å²) in [4.78, 5) is 9.64. The predicted molar refractivity (Wildman–Crippen MR) is 115 cm³/mol. The van der Waals surface area contributed by atoms with Crippen LogP contribution in [-0.4, -0.2) is 37.9 Å². The van der Waals surface area contributed by atoms with Gasteiger partial charge in [-0.1, -0.05) is 75.4 Å². The summed E-state index contributed by atoms with van der Waals surface area (Å²) in [6.45, 7) is 3.35. The van der Waals surface area contributed by atoms with E-state index in [0.717, 1.165) is 35.8 Å². The van der Waals surface area contributed by atoms with Crippen molar-refractivity contribution in [3.8, 4) is 5.75 Å². The minimum atomic E-state index is -4.00. The van der Waals surface area contributed by atoms with E-state index in [-0.39, 0.29) is 19.8 Å². The number of phosphoric acid groups is 1. The molecular weight excluding hydrogens is 391 g/mol. The van der Waals surface area contributed by atoms with Gasteiger partial charge in [0.1, 0.15) is 12.4 Å². The lowest BCUT2D eigenvalue weighted by molar-refractivity contribution is 0.0610. The molecule has 0 aliphatic heterocycles. The van der Waals surface area contributed by atoms with Crippen molar-refractivity contribution in [3.63, 3.8) is 0 Å². The lowest BCUT2D eigenvalue weighted by Gasteiger charge is -2.13. The molecule has 29 heavy (non-hydrogen) atoms. The summed E-state index contributed by atoms with van der Waals surface area (Å²) in [5.74, 6) is 0.811. The fourth-order valence-electron chi connectivity index (χ4n) is 2.95. The summed E-state index contributed by atoms with van der Waals surface area (Å²) in [5.41, 5.74) is 0. The predicted octanol–water partition coefficient (Wildman–Crippen LogP) is 5.73. The van der Waals surface area contributed by atoms with Crippen LogP contribution in [-0.2, 0) is 18.3 Å². The van der Waals surface area contributed by atoms with Crippen LogP contribution in [0.5, 0.6) is 5.75 Å². The van der Waals surface area contributed by atoms with Crippen molar-refractivity contribution < 1.29 is 28.0 Å². The normalized spacial score (nSPS) is 13.4. The molecule has 0 aromatic heterocycles. The Balaban J connectivity index is 1.51. The molecule has 0 heterocycles. The monoisotopic (exact) mass is 424 g/mol. The zero-order chi connectivity index (χ0) is 20.8. The van der Waals surface area contributed by atoms with Gasteiger partial charge in [0.15, 0.2) is 0 Å². The summed E-state index contributed by atoms with van der Waals surface area (Å²) >= 11 is 0. The zero-order valence-corrected chi connectivity index (χ0v) is 18.1. The Morgan fingerprint density at radius 2 is 1.48 bits per heavy atom. The number of hydrogen-bond donors (Lipinski definition) is 1. The van der Waals surface area contributed by atoms with Crippen LogP contribution in [0.1, 0.15) is 45.4 Å². The van der Waals surface area contributed by atoms with Crippen LogP contribution in [0.15, 0.2) is 42.5 Å². The van der Waals surface area contributed by atoms with Crippen molar-refractivity contribution in [2.45, 2.75) is 45.4 Å². The molecule has 0 aliphatic rings. The van der Waals surface area contributed by atoms with E-state index in [0.29, 0.717) is 13.2 Å². The van der Waals surface area contributed by atoms with Crippen LogP contribution in [0.3, 0.4) is 0 Å². The van der Waals surface area contributed by atoms with Gasteiger partial charge in [0.2, 0.25) is 0 Å². The van der Waals surface area contributed by atoms with Gasteiger partial charge >= 0.3 is 7.82 Å². The maximum atomic E-state index is 11.8. The van der Waals surface area contributed by atoms with Gasteiger partial charge in [0.25, 0.3) is 0 Å². The van der Waals surface area contributed by atoms with E-state index in [1.54, 1.807) is 0 Å². The molecule has 0 amide bonds. The van der Waals surface area contributed by atoms with E-state index in [4.69, 9.17) is 18.5 Å². The smallest absolute Gasteiger partial charge is 0.472 e. The molecule has 2 aromatic rings. The minimum absolute atomic E-state index is 0.00144. The number of rotatable bonds is 16. The molecule has 0 aliphatic carbocycles. The van der Waals surface area contributed by atoms with Gasteiger partial charge in [-0.05, 0) is 17.9 Å². The third-order valence-electron chi connectivity index (χ3n) is 4.47. The molecule has 0 spiro atoms. The van der Waals surface area contributed by atoms with Crippen molar-refractivity contribution in [1.82, 2.24) is 0 Å². The van der Waals surface area contributed by atoms with Gasteiger partial charge in [-0.2, -0.15) is 0 Å². The number of fused-ring (bicyclic) bond motifs is 1. The van der Waals surface area contributed by atoms with E-state index in [2.05, 4.69) is 6.92 Å². The molecule has 1 unspecified atom stereocenters. The van der Waals surface area contributed by atoms with Gasteiger partial charge < -0.3 is 14.4 Å². The van der Waals surface area contributed by atoms with Gasteiger partial charge in [-0.25, -0.2) is 4.57 Å². The van der Waals surface area contributed by atoms with Gasteiger partial charge in [-0.3, -0.25) is 9.05 Å². The molecule has 2 rings (SSSR count). The fraction of sp³-hybridized carbons (Fsp3) is 0.545. The quantitative estimate of drug-likeness (QED) is 0.274. The van der Waals surface area contributed by atoms with Crippen LogP contribution in [0.4, 0.5) is 0 Å². The van der Waals surface area contributed by atoms with Crippen molar-refractivity contribution in [1.29, 1.82) is 0 Å². The first-order chi connectivity index (χ1) is 14.1. The number of hydrogen-bond acceptors (Lipinski definition) is 5. The third-order valence-corrected chi connectivity index (χ3v) is 5.49. The largest absolute Gasteiger partial charge is 0.491 e. The van der Waals surface area contributed by atoms with Crippen molar-refractivity contribution in [3.05, 3.63) is 42.5 Å². The van der Waals surface area contributed by atoms with Gasteiger partial charge in [-0.15, -0.1) is 0 Å². The van der Waals surface area contributed by atoms with Crippen LogP contribution >= 0.6 is 7.82 Å². The van der Waals surface area contributed by atoms with E-state index >= 15 is 0 Å². The summed E-state index contributed by atoms with van der Waals surface area (Å²) in [5, 5.41) is 2.18. The summed E-state index contributed by atoms with van der Waals surface area (Å²) < 4.78 is 32.8. The molecule has 6 nitrogen and oxygen atoms in total. The Bertz CT molecular complexity index is 746. The zero-order valence-electron chi connectivity index (χ0n) is 17.3. The first kappa shape index (κ1) is 23.8. The average Bonchev–Trinajstić information content (AvgIpc) is 2.72. The topological polar surface area (TPSA) is 74.2 Å². The Morgan fingerprint density at radius 1 is 0.793 bits per heavy atom. The highest BCUT2D eigenvalue weighted by Gasteiger charge is 2.20. The molecule has 0 radical (unpaired) electrons. The van der Waals surface area contributed by atoms with Crippen molar-refractivity contribution in [2.75, 3.05) is 33.0 Å². The fourth-order valence-corrected chi connectivity index (χ4v) is 3.68. The van der Waals surface area contributed by atoms with E-state index in [9.17, 15) is 9.46 Å². The lowest BCUT2D eigenvalue weighted by atomic mass is 10.1. The second kappa shape index (κ2) is 13.7. The summed E-state index contributed by atoms with van der Waals surface area (Å²) in [7, 11) is -4.00. The Labute approximate surface area is 173 Å². The van der Waals surface area contributed by atoms with Crippen LogP contribution in [0.2, 0.25) is 0 Å². The first-order valence-electron chi connectivity index (χ1n) is 10.4. The first-order valence-corrected chi connectivity index (χ1v) is 11.9. The molecule has 0 saturated carbocycles. The molecule has 2 aromatic carbocycles. The molecule has 0 saturated heterocycles. The molecule has 1 N–H and O–H groups in total. The standard InChI is InChI=1S/C22H33O6P/c1-2-3-4-5-6-9-15-27-29(23,24)28-19-17-25-16-18-26-22-14-10-12-20-11-7-8-13-21(20)22/h7-8,10-14H,2-6,9,15-19H2,1H3,(H,23,24). The highest BCUT2D eigenvalue weighted by Crippen LogP contribution is 2.43. The van der Waals surface area contributed by atoms with E-state index in [1.807, 2.05) is 42.5 Å². The number of phosphoric ester groups is 1. The lowest BCUT2D eigenvalue weighted by Crippen LogP contribution is -2.11. The second-order valence-electron chi connectivity index (χ2n) is 6.84. The van der Waals surface area contributed by atoms with E-state index in [1.165, 1.54) is 19.3 Å². The Kier molecular flexibility index (Phi) is 11.3. The number of unbranched alkanes of at least 4 members (excludes halogenated alkanes) is 5. The third kappa shape index (κ3) is 9.75. The Hall–Kier alpha value is -1.43. The SMILES string of the molecule is CCCCCCCCOP(=O)(O)OCCOCCOc1cccc2ccccc12. The van der Waals surface area contributed by atoms with Crippen molar-refractivity contribution >= 4 is 18.6 Å². The van der Waals surface area contributed by atoms with E-state index < -0.39 is 7.82 Å². The number of benzene rings is 2. The highest BCUT2D eigenvalue weighted by atomic mass is 31.2. The molecular formula is C22H33O6P. The minimum Gasteiger partial charge on any atom is -0.491 e. The molecule has 162 valence electrons. The molecule has 0 bridgehead atoms. The highest BCUT2D eigenvalue weighted by molar-refractivity contribution is 7.47. The average molecular weight is 424 g/mol. The second-order valence-corrected chi connectivity index (χ2v) is 8.29.